The fourth-order valence-electron chi connectivity index (χ4n) is 2.64. The number of methoxy groups -OCH3 is 1. The predicted octanol–water partition coefficient (Wildman–Crippen LogP) is 0.104. The second-order valence-electron chi connectivity index (χ2n) is 5.53. The highest BCUT2D eigenvalue weighted by Crippen LogP contribution is 2.17. The monoisotopic (exact) mass is 293 g/mol. The van der Waals surface area contributed by atoms with Crippen LogP contribution in [-0.4, -0.2) is 62.0 Å². The Balaban J connectivity index is 1.65. The first kappa shape index (κ1) is 16.3. The van der Waals surface area contributed by atoms with Gasteiger partial charge in [0.25, 0.3) is 0 Å². The molecule has 21 heavy (non-hydrogen) atoms. The van der Waals surface area contributed by atoms with Gasteiger partial charge >= 0.3 is 7.12 Å². The Hall–Kier alpha value is -1.08. The van der Waals surface area contributed by atoms with Crippen molar-refractivity contribution in [2.24, 2.45) is 5.92 Å². The Bertz CT molecular complexity index is 405. The van der Waals surface area contributed by atoms with Gasteiger partial charge in [-0.15, -0.1) is 0 Å². The van der Waals surface area contributed by atoms with Crippen LogP contribution in [0.5, 0.6) is 5.75 Å². The van der Waals surface area contributed by atoms with Crippen molar-refractivity contribution >= 4 is 12.6 Å². The molecule has 0 atom stereocenters. The minimum Gasteiger partial charge on any atom is -0.492 e. The highest BCUT2D eigenvalue weighted by molar-refractivity contribution is 6.58. The highest BCUT2D eigenvalue weighted by atomic mass is 16.5. The summed E-state index contributed by atoms with van der Waals surface area (Å²) in [6.45, 7) is 4.65. The number of hydrogen-bond acceptors (Lipinski definition) is 5. The Morgan fingerprint density at radius 2 is 1.86 bits per heavy atom. The van der Waals surface area contributed by atoms with E-state index >= 15 is 0 Å². The van der Waals surface area contributed by atoms with Crippen molar-refractivity contribution in [3.05, 3.63) is 24.3 Å². The molecule has 1 aromatic rings. The van der Waals surface area contributed by atoms with Gasteiger partial charge in [0.05, 0.1) is 0 Å². The van der Waals surface area contributed by atoms with E-state index in [-0.39, 0.29) is 0 Å². The first-order valence-electron chi connectivity index (χ1n) is 7.49. The van der Waals surface area contributed by atoms with E-state index in [2.05, 4.69) is 4.90 Å². The Labute approximate surface area is 126 Å². The second-order valence-corrected chi connectivity index (χ2v) is 5.53. The maximum absolute atomic E-state index is 9.02. The molecular weight excluding hydrogens is 269 g/mol. The molecule has 116 valence electrons. The molecule has 0 radical (unpaired) electrons. The molecule has 1 fully saturated rings. The summed E-state index contributed by atoms with van der Waals surface area (Å²) in [7, 11) is 0.341. The van der Waals surface area contributed by atoms with Crippen LogP contribution in [0.3, 0.4) is 0 Å². The zero-order valence-corrected chi connectivity index (χ0v) is 12.6. The van der Waals surface area contributed by atoms with Crippen LogP contribution in [0.1, 0.15) is 12.8 Å². The van der Waals surface area contributed by atoms with E-state index in [0.717, 1.165) is 32.0 Å². The molecule has 2 rings (SSSR count). The number of rotatable bonds is 7. The summed E-state index contributed by atoms with van der Waals surface area (Å²) >= 11 is 0. The van der Waals surface area contributed by atoms with Crippen LogP contribution in [0, 0.1) is 5.92 Å². The fraction of sp³-hybridized carbons (Fsp3) is 0.600. The number of ether oxygens (including phenoxy) is 2. The zero-order valence-electron chi connectivity index (χ0n) is 12.6. The summed E-state index contributed by atoms with van der Waals surface area (Å²) in [6, 6.07) is 6.85. The van der Waals surface area contributed by atoms with Crippen LogP contribution in [-0.2, 0) is 4.74 Å². The highest BCUT2D eigenvalue weighted by Gasteiger charge is 2.18. The lowest BCUT2D eigenvalue weighted by Gasteiger charge is -2.31. The molecular formula is C15H24BNO4. The van der Waals surface area contributed by atoms with Crippen molar-refractivity contribution in [3.8, 4) is 5.75 Å². The smallest absolute Gasteiger partial charge is 0.488 e. The zero-order chi connectivity index (χ0) is 15.1. The number of piperidine rings is 1. The fourth-order valence-corrected chi connectivity index (χ4v) is 2.64. The third-order valence-corrected chi connectivity index (χ3v) is 3.96. The molecule has 0 amide bonds. The third-order valence-electron chi connectivity index (χ3n) is 3.96. The normalized spacial score (nSPS) is 16.9. The molecule has 0 bridgehead atoms. The topological polar surface area (TPSA) is 62.2 Å². The molecule has 5 nitrogen and oxygen atoms in total. The molecule has 2 N–H and O–H groups in total. The first-order chi connectivity index (χ1) is 10.2. The van der Waals surface area contributed by atoms with Gasteiger partial charge in [0, 0.05) is 20.3 Å². The van der Waals surface area contributed by atoms with Crippen molar-refractivity contribution in [1.29, 1.82) is 0 Å². The minimum atomic E-state index is -1.42. The lowest BCUT2D eigenvalue weighted by molar-refractivity contribution is 0.0928. The van der Waals surface area contributed by atoms with Gasteiger partial charge in [0.2, 0.25) is 0 Å². The van der Waals surface area contributed by atoms with Crippen LogP contribution in [0.15, 0.2) is 24.3 Å². The van der Waals surface area contributed by atoms with Gasteiger partial charge in [-0.05, 0) is 49.4 Å². The number of nitrogens with zero attached hydrogens (tertiary/aromatic N) is 1. The molecule has 1 aliphatic heterocycles. The van der Waals surface area contributed by atoms with Gasteiger partial charge in [0.1, 0.15) is 12.4 Å². The van der Waals surface area contributed by atoms with Gasteiger partial charge in [0.15, 0.2) is 0 Å². The average Bonchev–Trinajstić information content (AvgIpc) is 2.50. The van der Waals surface area contributed by atoms with Crippen molar-refractivity contribution < 1.29 is 19.5 Å². The molecule has 1 saturated heterocycles. The summed E-state index contributed by atoms with van der Waals surface area (Å²) < 4.78 is 10.9. The van der Waals surface area contributed by atoms with Crippen LogP contribution in [0.4, 0.5) is 0 Å². The molecule has 0 saturated carbocycles. The quantitative estimate of drug-likeness (QED) is 0.698. The Kier molecular flexibility index (Phi) is 6.51. The molecule has 0 spiro atoms. The van der Waals surface area contributed by atoms with E-state index in [1.54, 1.807) is 31.4 Å². The molecule has 1 heterocycles. The van der Waals surface area contributed by atoms with E-state index in [1.165, 1.54) is 12.8 Å². The number of likely N-dealkylation sites (tertiary alicyclic amines) is 1. The van der Waals surface area contributed by atoms with Crippen LogP contribution in [0.2, 0.25) is 0 Å². The van der Waals surface area contributed by atoms with E-state index in [4.69, 9.17) is 19.5 Å². The summed E-state index contributed by atoms with van der Waals surface area (Å²) in [6.07, 6.45) is 2.38. The van der Waals surface area contributed by atoms with Gasteiger partial charge in [-0.25, -0.2) is 0 Å². The molecule has 1 aliphatic rings. The number of benzene rings is 1. The summed E-state index contributed by atoms with van der Waals surface area (Å²) in [5.41, 5.74) is 0.475. The van der Waals surface area contributed by atoms with Gasteiger partial charge in [-0.1, -0.05) is 12.1 Å². The average molecular weight is 293 g/mol. The van der Waals surface area contributed by atoms with Crippen molar-refractivity contribution in [1.82, 2.24) is 4.90 Å². The SMILES string of the molecule is COCC1CCN(CCOc2ccc(B(O)O)cc2)CC1. The molecule has 0 unspecified atom stereocenters. The van der Waals surface area contributed by atoms with Crippen molar-refractivity contribution in [3.63, 3.8) is 0 Å². The lowest BCUT2D eigenvalue weighted by Crippen LogP contribution is -2.37. The number of hydrogen-bond donors (Lipinski definition) is 2. The van der Waals surface area contributed by atoms with Gasteiger partial charge in [-0.2, -0.15) is 0 Å². The van der Waals surface area contributed by atoms with Gasteiger partial charge in [-0.3, -0.25) is 4.90 Å². The largest absolute Gasteiger partial charge is 0.492 e. The van der Waals surface area contributed by atoms with Crippen LogP contribution in [0.25, 0.3) is 0 Å². The van der Waals surface area contributed by atoms with E-state index in [9.17, 15) is 0 Å². The summed E-state index contributed by atoms with van der Waals surface area (Å²) in [4.78, 5) is 2.41. The lowest BCUT2D eigenvalue weighted by atomic mass is 9.80. The second kappa shape index (κ2) is 8.39. The van der Waals surface area contributed by atoms with Crippen LogP contribution >= 0.6 is 0 Å². The molecule has 0 aliphatic carbocycles. The van der Waals surface area contributed by atoms with Crippen molar-refractivity contribution in [2.45, 2.75) is 12.8 Å². The minimum absolute atomic E-state index is 0.475. The molecule has 1 aromatic carbocycles. The maximum Gasteiger partial charge on any atom is 0.488 e. The van der Waals surface area contributed by atoms with E-state index in [0.29, 0.717) is 18.0 Å². The first-order valence-corrected chi connectivity index (χ1v) is 7.49. The van der Waals surface area contributed by atoms with E-state index < -0.39 is 7.12 Å². The molecule has 0 aromatic heterocycles. The standard InChI is InChI=1S/C15H24BNO4/c1-20-12-13-6-8-17(9-7-13)10-11-21-15-4-2-14(3-5-15)16(18)19/h2-5,13,18-19H,6-12H2,1H3. The Morgan fingerprint density at radius 1 is 1.19 bits per heavy atom. The van der Waals surface area contributed by atoms with Gasteiger partial charge < -0.3 is 19.5 Å². The Morgan fingerprint density at radius 3 is 2.43 bits per heavy atom. The summed E-state index contributed by atoms with van der Waals surface area (Å²) in [5, 5.41) is 18.0. The maximum atomic E-state index is 9.02. The third kappa shape index (κ3) is 5.32. The molecule has 6 heteroatoms. The summed E-state index contributed by atoms with van der Waals surface area (Å²) in [5.74, 6) is 1.46. The predicted molar refractivity (Wildman–Crippen MR) is 82.8 cm³/mol. The van der Waals surface area contributed by atoms with E-state index in [1.807, 2.05) is 0 Å². The van der Waals surface area contributed by atoms with Crippen molar-refractivity contribution in [2.75, 3.05) is 40.0 Å². The van der Waals surface area contributed by atoms with Crippen LogP contribution < -0.4 is 10.2 Å².